The van der Waals surface area contributed by atoms with E-state index in [0.717, 1.165) is 0 Å². The normalized spacial score (nSPS) is 11.4. The van der Waals surface area contributed by atoms with Crippen LogP contribution in [0.5, 0.6) is 0 Å². The van der Waals surface area contributed by atoms with Crippen LogP contribution in [0.2, 0.25) is 0 Å². The van der Waals surface area contributed by atoms with E-state index < -0.39 is 22.1 Å². The third kappa shape index (κ3) is 4.88. The molecule has 0 amide bonds. The summed E-state index contributed by atoms with van der Waals surface area (Å²) in [5.74, 6) is -0.659. The van der Waals surface area contributed by atoms with Crippen molar-refractivity contribution in [1.82, 2.24) is 0 Å². The zero-order valence-electron chi connectivity index (χ0n) is 10.6. The van der Waals surface area contributed by atoms with Crippen LogP contribution in [0.25, 0.3) is 0 Å². The summed E-state index contributed by atoms with van der Waals surface area (Å²) in [6.45, 7) is 1.42. The molecular formula is C11H12N2O7. The maximum atomic E-state index is 11.6. The minimum absolute atomic E-state index is 0.0508. The highest BCUT2D eigenvalue weighted by Crippen LogP contribution is 2.12. The maximum absolute atomic E-state index is 11.6. The first-order chi connectivity index (χ1) is 9.40. The molecule has 0 saturated heterocycles. The van der Waals surface area contributed by atoms with Crippen LogP contribution in [0.4, 0.5) is 5.69 Å². The molecule has 0 spiro atoms. The monoisotopic (exact) mass is 284 g/mol. The Balaban J connectivity index is 2.43. The van der Waals surface area contributed by atoms with Gasteiger partial charge in [0.05, 0.1) is 17.1 Å². The quantitative estimate of drug-likeness (QED) is 0.424. The number of nitro benzene ring substituents is 1. The Labute approximate surface area is 113 Å². The standard InChI is InChI=1S/C11H12N2O7/c1-8(20-13(17)18)6-7-19-11(14)9-2-4-10(5-3-9)12(15)16/h2-5,8H,6-7H2,1H3. The number of nitrogens with zero attached hydrogens (tertiary/aromatic N) is 2. The molecule has 1 aromatic carbocycles. The molecule has 9 heteroatoms. The van der Waals surface area contributed by atoms with E-state index in [4.69, 9.17) is 4.74 Å². The largest absolute Gasteiger partial charge is 0.462 e. The fourth-order valence-electron chi connectivity index (χ4n) is 1.32. The number of ether oxygens (including phenoxy) is 1. The predicted octanol–water partition coefficient (Wildman–Crippen LogP) is 1.74. The smallest absolute Gasteiger partial charge is 0.338 e. The van der Waals surface area contributed by atoms with Gasteiger partial charge in [-0.05, 0) is 19.1 Å². The Morgan fingerprint density at radius 2 is 1.85 bits per heavy atom. The van der Waals surface area contributed by atoms with Crippen molar-refractivity contribution in [2.45, 2.75) is 19.4 Å². The van der Waals surface area contributed by atoms with E-state index in [1.807, 2.05) is 0 Å². The van der Waals surface area contributed by atoms with E-state index in [9.17, 15) is 25.0 Å². The summed E-state index contributed by atoms with van der Waals surface area (Å²) in [4.78, 5) is 35.7. The van der Waals surface area contributed by atoms with E-state index >= 15 is 0 Å². The Kier molecular flexibility index (Phi) is 5.39. The number of nitro groups is 1. The van der Waals surface area contributed by atoms with Crippen molar-refractivity contribution in [3.8, 4) is 0 Å². The molecule has 9 nitrogen and oxygen atoms in total. The van der Waals surface area contributed by atoms with Crippen LogP contribution >= 0.6 is 0 Å². The van der Waals surface area contributed by atoms with Gasteiger partial charge in [0.1, 0.15) is 6.10 Å². The van der Waals surface area contributed by atoms with Crippen molar-refractivity contribution in [1.29, 1.82) is 0 Å². The maximum Gasteiger partial charge on any atom is 0.338 e. The lowest BCUT2D eigenvalue weighted by Crippen LogP contribution is -2.17. The number of hydrogen-bond donors (Lipinski definition) is 0. The van der Waals surface area contributed by atoms with Crippen LogP contribution in [0.1, 0.15) is 23.7 Å². The molecule has 0 N–H and O–H groups in total. The summed E-state index contributed by atoms with van der Waals surface area (Å²) >= 11 is 0. The van der Waals surface area contributed by atoms with Crippen molar-refractivity contribution in [2.75, 3.05) is 6.61 Å². The van der Waals surface area contributed by atoms with Gasteiger partial charge in [0.15, 0.2) is 0 Å². The number of esters is 1. The van der Waals surface area contributed by atoms with Crippen LogP contribution in [-0.2, 0) is 9.57 Å². The van der Waals surface area contributed by atoms with Gasteiger partial charge in [-0.3, -0.25) is 10.1 Å². The van der Waals surface area contributed by atoms with E-state index in [1.54, 1.807) is 0 Å². The third-order valence-electron chi connectivity index (χ3n) is 2.34. The fraction of sp³-hybridized carbons (Fsp3) is 0.364. The first-order valence-electron chi connectivity index (χ1n) is 5.63. The van der Waals surface area contributed by atoms with Crippen molar-refractivity contribution in [3.63, 3.8) is 0 Å². The molecule has 0 radical (unpaired) electrons. The van der Waals surface area contributed by atoms with Gasteiger partial charge in [-0.15, -0.1) is 10.1 Å². The highest BCUT2D eigenvalue weighted by molar-refractivity contribution is 5.89. The fourth-order valence-corrected chi connectivity index (χ4v) is 1.32. The molecule has 0 heterocycles. The lowest BCUT2D eigenvalue weighted by molar-refractivity contribution is -0.767. The first-order valence-corrected chi connectivity index (χ1v) is 5.63. The number of carbonyl (C=O) groups excluding carboxylic acids is 1. The van der Waals surface area contributed by atoms with Crippen molar-refractivity contribution >= 4 is 11.7 Å². The Hall–Kier alpha value is -2.71. The van der Waals surface area contributed by atoms with Gasteiger partial charge >= 0.3 is 5.97 Å². The first kappa shape index (κ1) is 15.3. The van der Waals surface area contributed by atoms with Gasteiger partial charge in [0, 0.05) is 18.6 Å². The van der Waals surface area contributed by atoms with Gasteiger partial charge in [-0.1, -0.05) is 0 Å². The van der Waals surface area contributed by atoms with Gasteiger partial charge in [0.2, 0.25) is 0 Å². The number of benzene rings is 1. The molecule has 20 heavy (non-hydrogen) atoms. The lowest BCUT2D eigenvalue weighted by atomic mass is 10.2. The molecule has 0 bridgehead atoms. The lowest BCUT2D eigenvalue weighted by Gasteiger charge is -2.09. The van der Waals surface area contributed by atoms with Crippen LogP contribution in [0.15, 0.2) is 24.3 Å². The zero-order valence-corrected chi connectivity index (χ0v) is 10.6. The summed E-state index contributed by atoms with van der Waals surface area (Å²) in [6, 6.07) is 4.93. The molecular weight excluding hydrogens is 272 g/mol. The Bertz CT molecular complexity index is 500. The second-order valence-corrected chi connectivity index (χ2v) is 3.87. The number of non-ortho nitro benzene ring substituents is 1. The number of carbonyl (C=O) groups is 1. The Morgan fingerprint density at radius 3 is 2.35 bits per heavy atom. The average Bonchev–Trinajstić information content (AvgIpc) is 2.37. The van der Waals surface area contributed by atoms with Crippen molar-refractivity contribution < 1.29 is 24.4 Å². The minimum Gasteiger partial charge on any atom is -0.462 e. The molecule has 1 rings (SSSR count). The average molecular weight is 284 g/mol. The van der Waals surface area contributed by atoms with Crippen LogP contribution in [0, 0.1) is 20.2 Å². The SMILES string of the molecule is CC(CCOC(=O)c1ccc([N+](=O)[O-])cc1)O[N+](=O)[O-]. The molecule has 0 aliphatic carbocycles. The molecule has 0 aliphatic heterocycles. The molecule has 0 saturated carbocycles. The zero-order chi connectivity index (χ0) is 15.1. The molecule has 0 aliphatic rings. The topological polar surface area (TPSA) is 122 Å². The summed E-state index contributed by atoms with van der Waals surface area (Å²) in [6.07, 6.45) is -0.519. The Morgan fingerprint density at radius 1 is 1.25 bits per heavy atom. The molecule has 1 aromatic rings. The molecule has 0 fully saturated rings. The van der Waals surface area contributed by atoms with Gasteiger partial charge in [-0.25, -0.2) is 4.79 Å². The molecule has 1 atom stereocenters. The summed E-state index contributed by atoms with van der Waals surface area (Å²) < 4.78 is 4.87. The summed E-state index contributed by atoms with van der Waals surface area (Å²) in [5, 5.41) is 19.6. The van der Waals surface area contributed by atoms with Gasteiger partial charge in [-0.2, -0.15) is 0 Å². The summed E-state index contributed by atoms with van der Waals surface area (Å²) in [5.41, 5.74) is 0.0352. The van der Waals surface area contributed by atoms with Crippen molar-refractivity contribution in [3.05, 3.63) is 50.1 Å². The molecule has 108 valence electrons. The van der Waals surface area contributed by atoms with Crippen LogP contribution in [-0.4, -0.2) is 28.7 Å². The van der Waals surface area contributed by atoms with Gasteiger partial charge < -0.3 is 9.57 Å². The molecule has 0 aromatic heterocycles. The number of hydrogen-bond acceptors (Lipinski definition) is 7. The van der Waals surface area contributed by atoms with Crippen LogP contribution < -0.4 is 0 Å². The summed E-state index contributed by atoms with van der Waals surface area (Å²) in [7, 11) is 0. The van der Waals surface area contributed by atoms with E-state index in [2.05, 4.69) is 4.84 Å². The number of rotatable bonds is 7. The van der Waals surface area contributed by atoms with E-state index in [1.165, 1.54) is 31.2 Å². The minimum atomic E-state index is -0.914. The van der Waals surface area contributed by atoms with Crippen molar-refractivity contribution in [2.24, 2.45) is 0 Å². The van der Waals surface area contributed by atoms with E-state index in [0.29, 0.717) is 0 Å². The predicted molar refractivity (Wildman–Crippen MR) is 65.5 cm³/mol. The highest BCUT2D eigenvalue weighted by atomic mass is 17.0. The van der Waals surface area contributed by atoms with Crippen LogP contribution in [0.3, 0.4) is 0 Å². The second kappa shape index (κ2) is 7.02. The second-order valence-electron chi connectivity index (χ2n) is 3.87. The molecule has 1 unspecified atom stereocenters. The van der Waals surface area contributed by atoms with E-state index in [-0.39, 0.29) is 24.3 Å². The third-order valence-corrected chi connectivity index (χ3v) is 2.34. The van der Waals surface area contributed by atoms with Gasteiger partial charge in [0.25, 0.3) is 10.8 Å². The highest BCUT2D eigenvalue weighted by Gasteiger charge is 2.12.